The van der Waals surface area contributed by atoms with Crippen LogP contribution in [0.3, 0.4) is 0 Å². The Bertz CT molecular complexity index is 943. The number of nitrogens with one attached hydrogen (secondary N) is 2. The number of hydrogen-bond donors (Lipinski definition) is 2. The van der Waals surface area contributed by atoms with Crippen LogP contribution in [0.15, 0.2) is 34.8 Å². The van der Waals surface area contributed by atoms with Crippen LogP contribution in [0.2, 0.25) is 0 Å². The molecule has 2 heterocycles. The Morgan fingerprint density at radius 1 is 1.31 bits per heavy atom. The fourth-order valence-electron chi connectivity index (χ4n) is 2.98. The number of aromatic nitrogens is 1. The van der Waals surface area contributed by atoms with Crippen LogP contribution in [0.4, 0.5) is 0 Å². The first kappa shape index (κ1) is 25.8. The number of thioether (sulfide) groups is 1. The zero-order valence-corrected chi connectivity index (χ0v) is 20.5. The minimum Gasteiger partial charge on any atom is -0.486 e. The Morgan fingerprint density at radius 3 is 2.97 bits per heavy atom. The second kappa shape index (κ2) is 14.6. The fraction of sp³-hybridized carbons (Fsp3) is 0.409. The summed E-state index contributed by atoms with van der Waals surface area (Å²) in [5, 5.41) is 14.7. The smallest absolute Gasteiger partial charge is 0.204 e. The topological polar surface area (TPSA) is 91.6 Å². The quantitative estimate of drug-likeness (QED) is 0.170. The van der Waals surface area contributed by atoms with E-state index in [-0.39, 0.29) is 12.4 Å². The number of halogens is 1. The average molecular weight is 494 g/mol. The van der Waals surface area contributed by atoms with Crippen LogP contribution in [-0.2, 0) is 12.8 Å². The molecule has 0 bridgehead atoms. The molecule has 1 aromatic heterocycles. The van der Waals surface area contributed by atoms with Gasteiger partial charge in [-0.2, -0.15) is 17.0 Å². The van der Waals surface area contributed by atoms with Crippen LogP contribution >= 0.6 is 35.5 Å². The summed E-state index contributed by atoms with van der Waals surface area (Å²) in [6.07, 6.45) is 7.95. The van der Waals surface area contributed by atoms with Gasteiger partial charge in [0.15, 0.2) is 17.7 Å². The van der Waals surface area contributed by atoms with E-state index in [1.807, 2.05) is 53.8 Å². The predicted octanol–water partition coefficient (Wildman–Crippen LogP) is 3.90. The first-order chi connectivity index (χ1) is 15.3. The Morgan fingerprint density at radius 2 is 2.16 bits per heavy atom. The standard InChI is InChI=1S/C22H27N5O2S2.ClH/c1-2-21-18(27-16-31-21)7-12-30-13-9-25-22(26-15-23)24-8-3-4-17-5-6-19-20(14-17)29-11-10-28-19;/h3-6,14,16H,2,7-13H2,1H3,(H2,24,25,26);1H. The number of aliphatic imine (C=N–C) groups is 1. The number of fused-ring (bicyclic) bond motifs is 1. The van der Waals surface area contributed by atoms with E-state index in [2.05, 4.69) is 27.5 Å². The Labute approximate surface area is 203 Å². The van der Waals surface area contributed by atoms with E-state index in [1.54, 1.807) is 11.3 Å². The van der Waals surface area contributed by atoms with Gasteiger partial charge in [0, 0.05) is 17.2 Å². The van der Waals surface area contributed by atoms with Gasteiger partial charge in [0.2, 0.25) is 5.96 Å². The minimum atomic E-state index is 0. The number of ether oxygens (including phenoxy) is 2. The zero-order chi connectivity index (χ0) is 21.7. The van der Waals surface area contributed by atoms with E-state index in [0.717, 1.165) is 41.4 Å². The Hall–Kier alpha value is -2.41. The molecule has 10 heteroatoms. The van der Waals surface area contributed by atoms with E-state index in [4.69, 9.17) is 14.7 Å². The molecule has 0 saturated heterocycles. The summed E-state index contributed by atoms with van der Waals surface area (Å²) in [7, 11) is 0. The molecule has 1 aromatic carbocycles. The lowest BCUT2D eigenvalue weighted by atomic mass is 10.2. The van der Waals surface area contributed by atoms with Crippen molar-refractivity contribution in [2.24, 2.45) is 4.99 Å². The molecule has 2 N–H and O–H groups in total. The minimum absolute atomic E-state index is 0. The molecular formula is C22H28ClN5O2S2. The largest absolute Gasteiger partial charge is 0.486 e. The third-order valence-electron chi connectivity index (χ3n) is 4.47. The third-order valence-corrected chi connectivity index (χ3v) is 6.46. The van der Waals surface area contributed by atoms with Gasteiger partial charge in [0.25, 0.3) is 0 Å². The number of aryl methyl sites for hydroxylation is 2. The van der Waals surface area contributed by atoms with Crippen molar-refractivity contribution in [3.63, 3.8) is 0 Å². The summed E-state index contributed by atoms with van der Waals surface area (Å²) in [6, 6.07) is 5.86. The Kier molecular flexibility index (Phi) is 11.8. The molecule has 1 aliphatic rings. The van der Waals surface area contributed by atoms with Crippen molar-refractivity contribution in [3.8, 4) is 17.7 Å². The van der Waals surface area contributed by atoms with Crippen LogP contribution in [0.25, 0.3) is 6.08 Å². The second-order valence-electron chi connectivity index (χ2n) is 6.59. The van der Waals surface area contributed by atoms with Crippen molar-refractivity contribution >= 4 is 47.5 Å². The van der Waals surface area contributed by atoms with Crippen LogP contribution in [0.1, 0.15) is 23.1 Å². The number of rotatable bonds is 10. The van der Waals surface area contributed by atoms with Crippen molar-refractivity contribution in [2.75, 3.05) is 37.8 Å². The lowest BCUT2D eigenvalue weighted by molar-refractivity contribution is 0.171. The van der Waals surface area contributed by atoms with Crippen LogP contribution in [-0.4, -0.2) is 48.8 Å². The van der Waals surface area contributed by atoms with Gasteiger partial charge in [-0.3, -0.25) is 10.3 Å². The number of hydrogen-bond acceptors (Lipinski definition) is 7. The highest BCUT2D eigenvalue weighted by atomic mass is 35.5. The molecule has 3 rings (SSSR count). The number of benzene rings is 1. The summed E-state index contributed by atoms with van der Waals surface area (Å²) < 4.78 is 11.1. The van der Waals surface area contributed by atoms with Gasteiger partial charge in [-0.1, -0.05) is 25.1 Å². The third kappa shape index (κ3) is 8.26. The van der Waals surface area contributed by atoms with Gasteiger partial charge >= 0.3 is 0 Å². The van der Waals surface area contributed by atoms with E-state index in [0.29, 0.717) is 32.3 Å². The zero-order valence-electron chi connectivity index (χ0n) is 18.0. The maximum atomic E-state index is 8.94. The lowest BCUT2D eigenvalue weighted by Gasteiger charge is -2.18. The molecule has 0 spiro atoms. The van der Waals surface area contributed by atoms with Crippen molar-refractivity contribution in [1.82, 2.24) is 15.6 Å². The number of nitriles is 1. The van der Waals surface area contributed by atoms with Crippen LogP contribution in [0, 0.1) is 11.5 Å². The summed E-state index contributed by atoms with van der Waals surface area (Å²) in [6.45, 7) is 4.53. The highest BCUT2D eigenvalue weighted by molar-refractivity contribution is 7.99. The molecule has 0 saturated carbocycles. The predicted molar refractivity (Wildman–Crippen MR) is 135 cm³/mol. The first-order valence-corrected chi connectivity index (χ1v) is 12.3. The van der Waals surface area contributed by atoms with Crippen molar-refractivity contribution in [2.45, 2.75) is 19.8 Å². The molecule has 1 aliphatic heterocycles. The first-order valence-electron chi connectivity index (χ1n) is 10.3. The normalized spacial score (nSPS) is 12.8. The molecule has 0 atom stereocenters. The van der Waals surface area contributed by atoms with E-state index in [9.17, 15) is 0 Å². The molecule has 0 radical (unpaired) electrons. The number of thiazole rings is 1. The van der Waals surface area contributed by atoms with Gasteiger partial charge in [0.1, 0.15) is 13.2 Å². The highest BCUT2D eigenvalue weighted by Crippen LogP contribution is 2.31. The molecule has 32 heavy (non-hydrogen) atoms. The summed E-state index contributed by atoms with van der Waals surface area (Å²) in [5.41, 5.74) is 4.18. The van der Waals surface area contributed by atoms with Crippen molar-refractivity contribution in [3.05, 3.63) is 45.9 Å². The fourth-order valence-corrected chi connectivity index (χ4v) is 4.51. The van der Waals surface area contributed by atoms with E-state index in [1.165, 1.54) is 10.6 Å². The maximum Gasteiger partial charge on any atom is 0.204 e. The van der Waals surface area contributed by atoms with Crippen molar-refractivity contribution in [1.29, 1.82) is 5.26 Å². The van der Waals surface area contributed by atoms with Gasteiger partial charge in [-0.05, 0) is 36.3 Å². The van der Waals surface area contributed by atoms with Gasteiger partial charge in [-0.25, -0.2) is 4.98 Å². The molecular weight excluding hydrogens is 466 g/mol. The monoisotopic (exact) mass is 493 g/mol. The summed E-state index contributed by atoms with van der Waals surface area (Å²) >= 11 is 3.58. The van der Waals surface area contributed by atoms with Gasteiger partial charge in [-0.15, -0.1) is 23.7 Å². The van der Waals surface area contributed by atoms with Gasteiger partial charge < -0.3 is 14.8 Å². The highest BCUT2D eigenvalue weighted by Gasteiger charge is 2.10. The average Bonchev–Trinajstić information content (AvgIpc) is 3.26. The molecule has 0 unspecified atom stereocenters. The molecule has 2 aromatic rings. The number of guanidine groups is 1. The lowest BCUT2D eigenvalue weighted by Crippen LogP contribution is -2.34. The SMILES string of the molecule is CCc1scnc1CCSCCN=C(NC#N)NCC=Cc1ccc2c(c1)OCCO2.Cl. The maximum absolute atomic E-state index is 8.94. The van der Waals surface area contributed by atoms with E-state index < -0.39 is 0 Å². The molecule has 0 amide bonds. The Balaban J connectivity index is 0.00000363. The van der Waals surface area contributed by atoms with Gasteiger partial charge in [0.05, 0.1) is 17.7 Å². The molecule has 0 fully saturated rings. The second-order valence-corrected chi connectivity index (χ2v) is 8.76. The van der Waals surface area contributed by atoms with Crippen molar-refractivity contribution < 1.29 is 9.47 Å². The van der Waals surface area contributed by atoms with Crippen LogP contribution in [0.5, 0.6) is 11.5 Å². The van der Waals surface area contributed by atoms with E-state index >= 15 is 0 Å². The molecule has 0 aliphatic carbocycles. The number of nitrogens with zero attached hydrogens (tertiary/aromatic N) is 3. The summed E-state index contributed by atoms with van der Waals surface area (Å²) in [5.74, 6) is 3.97. The molecule has 7 nitrogen and oxygen atoms in total. The molecule has 172 valence electrons. The van der Waals surface area contributed by atoms with Crippen LogP contribution < -0.4 is 20.1 Å². The summed E-state index contributed by atoms with van der Waals surface area (Å²) in [4.78, 5) is 10.3.